The van der Waals surface area contributed by atoms with Crippen LogP contribution in [0.25, 0.3) is 10.8 Å². The third-order valence-corrected chi connectivity index (χ3v) is 4.38. The predicted molar refractivity (Wildman–Crippen MR) is 98.5 cm³/mol. The number of benzene rings is 3. The monoisotopic (exact) mass is 372 g/mol. The van der Waals surface area contributed by atoms with E-state index in [1.165, 1.54) is 42.5 Å². The number of hydrogen-bond donors (Lipinski definition) is 0. The number of ether oxygens (including phenoxy) is 1. The van der Waals surface area contributed by atoms with Gasteiger partial charge in [0, 0.05) is 5.39 Å². The van der Waals surface area contributed by atoms with Crippen LogP contribution in [0.1, 0.15) is 42.1 Å². The van der Waals surface area contributed by atoms with Crippen LogP contribution in [0.2, 0.25) is 0 Å². The summed E-state index contributed by atoms with van der Waals surface area (Å²) in [6, 6.07) is 11.1. The Balaban J connectivity index is 1.81. The number of carbonyl (C=O) groups excluding carboxylic acids is 1. The van der Waals surface area contributed by atoms with Gasteiger partial charge in [0.05, 0.1) is 0 Å². The van der Waals surface area contributed by atoms with Crippen molar-refractivity contribution in [3.63, 3.8) is 0 Å². The molecule has 0 aromatic heterocycles. The zero-order valence-corrected chi connectivity index (χ0v) is 14.9. The van der Waals surface area contributed by atoms with Crippen LogP contribution in [0.4, 0.5) is 13.2 Å². The fourth-order valence-corrected chi connectivity index (χ4v) is 2.99. The molecule has 27 heavy (non-hydrogen) atoms. The summed E-state index contributed by atoms with van der Waals surface area (Å²) in [5.41, 5.74) is -0.218. The highest BCUT2D eigenvalue weighted by Crippen LogP contribution is 2.25. The predicted octanol–water partition coefficient (Wildman–Crippen LogP) is 6.21. The van der Waals surface area contributed by atoms with Crippen LogP contribution in [0, 0.1) is 17.5 Å². The van der Waals surface area contributed by atoms with Crippen molar-refractivity contribution in [3.8, 4) is 5.75 Å². The van der Waals surface area contributed by atoms with E-state index >= 15 is 0 Å². The molecule has 3 aromatic rings. The normalized spacial score (nSPS) is 11.0. The molecule has 0 amide bonds. The first-order valence-electron chi connectivity index (χ1n) is 8.88. The van der Waals surface area contributed by atoms with Gasteiger partial charge in [0.2, 0.25) is 0 Å². The summed E-state index contributed by atoms with van der Waals surface area (Å²) in [4.78, 5) is 12.3. The van der Waals surface area contributed by atoms with E-state index in [4.69, 9.17) is 4.74 Å². The molecule has 0 spiro atoms. The van der Waals surface area contributed by atoms with Gasteiger partial charge in [0.25, 0.3) is 0 Å². The number of hydrogen-bond acceptors (Lipinski definition) is 2. The molecule has 3 aromatic carbocycles. The van der Waals surface area contributed by atoms with Crippen LogP contribution in [0.15, 0.2) is 48.5 Å². The minimum atomic E-state index is -1.12. The van der Waals surface area contributed by atoms with E-state index < -0.39 is 29.0 Å². The zero-order valence-electron chi connectivity index (χ0n) is 14.9. The van der Waals surface area contributed by atoms with Crippen molar-refractivity contribution in [1.29, 1.82) is 0 Å². The van der Waals surface area contributed by atoms with Gasteiger partial charge in [-0.3, -0.25) is 0 Å². The number of fused-ring (bicyclic) bond motifs is 1. The summed E-state index contributed by atoms with van der Waals surface area (Å²) in [6.07, 6.45) is 3.35. The molecule has 0 atom stereocenters. The van der Waals surface area contributed by atoms with Gasteiger partial charge in [-0.25, -0.2) is 18.0 Å². The van der Waals surface area contributed by atoms with Crippen molar-refractivity contribution >= 4 is 16.7 Å². The lowest BCUT2D eigenvalue weighted by Gasteiger charge is -2.09. The van der Waals surface area contributed by atoms with E-state index in [-0.39, 0.29) is 5.75 Å². The molecule has 140 valence electrons. The highest BCUT2D eigenvalue weighted by Gasteiger charge is 2.21. The van der Waals surface area contributed by atoms with Gasteiger partial charge in [0.15, 0.2) is 0 Å². The molecule has 0 saturated heterocycles. The third-order valence-electron chi connectivity index (χ3n) is 4.38. The summed E-state index contributed by atoms with van der Waals surface area (Å²) in [5, 5.41) is 0.888. The van der Waals surface area contributed by atoms with Crippen LogP contribution < -0.4 is 4.74 Å². The standard InChI is InChI=1S/C22H19F3O2/c1-2-3-4-6-14-11-19(24)21(20(25)12-14)22(26)27-16-9-10-17-15(13-16)7-5-8-18(17)23/h5,7-13H,2-4,6H2,1H3. The van der Waals surface area contributed by atoms with Crippen molar-refractivity contribution in [2.45, 2.75) is 32.6 Å². The summed E-state index contributed by atoms with van der Waals surface area (Å²) < 4.78 is 47.4. The van der Waals surface area contributed by atoms with Gasteiger partial charge >= 0.3 is 5.97 Å². The molecule has 0 aliphatic heterocycles. The Labute approximate surface area is 155 Å². The maximum atomic E-state index is 14.3. The number of esters is 1. The topological polar surface area (TPSA) is 26.3 Å². The average molecular weight is 372 g/mol. The van der Waals surface area contributed by atoms with Gasteiger partial charge in [0.1, 0.15) is 28.8 Å². The molecule has 0 N–H and O–H groups in total. The molecule has 0 aliphatic rings. The van der Waals surface area contributed by atoms with Crippen LogP contribution in [0.3, 0.4) is 0 Å². The molecule has 2 nitrogen and oxygen atoms in total. The number of aryl methyl sites for hydroxylation is 1. The Hall–Kier alpha value is -2.82. The molecule has 0 saturated carbocycles. The third kappa shape index (κ3) is 4.30. The van der Waals surface area contributed by atoms with E-state index in [9.17, 15) is 18.0 Å². The Bertz CT molecular complexity index is 959. The maximum Gasteiger partial charge on any atom is 0.349 e. The van der Waals surface area contributed by atoms with Gasteiger partial charge in [-0.2, -0.15) is 0 Å². The van der Waals surface area contributed by atoms with Crippen LogP contribution >= 0.6 is 0 Å². The molecule has 0 fully saturated rings. The van der Waals surface area contributed by atoms with Gasteiger partial charge in [-0.15, -0.1) is 0 Å². The lowest BCUT2D eigenvalue weighted by molar-refractivity contribution is 0.0725. The molecular weight excluding hydrogens is 353 g/mol. The Morgan fingerprint density at radius 1 is 0.926 bits per heavy atom. The number of halogens is 3. The molecule has 5 heteroatoms. The van der Waals surface area contributed by atoms with Gasteiger partial charge in [-0.05, 0) is 60.2 Å². The first kappa shape index (κ1) is 19.0. The van der Waals surface area contributed by atoms with Crippen LogP contribution in [-0.4, -0.2) is 5.97 Å². The molecule has 0 bridgehead atoms. The fraction of sp³-hybridized carbons (Fsp3) is 0.227. The lowest BCUT2D eigenvalue weighted by atomic mass is 10.0. The van der Waals surface area contributed by atoms with E-state index in [2.05, 4.69) is 0 Å². The summed E-state index contributed by atoms with van der Waals surface area (Å²) in [7, 11) is 0. The molecular formula is C22H19F3O2. The van der Waals surface area contributed by atoms with Crippen molar-refractivity contribution in [3.05, 3.63) is 77.1 Å². The second-order valence-electron chi connectivity index (χ2n) is 6.40. The highest BCUT2D eigenvalue weighted by molar-refractivity contribution is 5.92. The van der Waals surface area contributed by atoms with Gasteiger partial charge < -0.3 is 4.74 Å². The summed E-state index contributed by atoms with van der Waals surface area (Å²) >= 11 is 0. The van der Waals surface area contributed by atoms with Crippen molar-refractivity contribution in [2.24, 2.45) is 0 Å². The van der Waals surface area contributed by atoms with Gasteiger partial charge in [-0.1, -0.05) is 31.9 Å². The number of unbranched alkanes of at least 4 members (excludes halogenated alkanes) is 2. The maximum absolute atomic E-state index is 14.3. The van der Waals surface area contributed by atoms with E-state index in [0.29, 0.717) is 22.8 Å². The van der Waals surface area contributed by atoms with Crippen LogP contribution in [-0.2, 0) is 6.42 Å². The van der Waals surface area contributed by atoms with Crippen molar-refractivity contribution in [2.75, 3.05) is 0 Å². The van der Waals surface area contributed by atoms with Crippen molar-refractivity contribution in [1.82, 2.24) is 0 Å². The lowest BCUT2D eigenvalue weighted by Crippen LogP contribution is -2.14. The summed E-state index contributed by atoms with van der Waals surface area (Å²) in [6.45, 7) is 2.04. The number of carbonyl (C=O) groups is 1. The smallest absolute Gasteiger partial charge is 0.349 e. The van der Waals surface area contributed by atoms with E-state index in [1.54, 1.807) is 6.07 Å². The average Bonchev–Trinajstić information content (AvgIpc) is 2.61. The minimum Gasteiger partial charge on any atom is -0.423 e. The Morgan fingerprint density at radius 2 is 1.67 bits per heavy atom. The van der Waals surface area contributed by atoms with Crippen molar-refractivity contribution < 1.29 is 22.7 Å². The quantitative estimate of drug-likeness (QED) is 0.292. The Kier molecular flexibility index (Phi) is 5.79. The second-order valence-corrected chi connectivity index (χ2v) is 6.40. The Morgan fingerprint density at radius 3 is 2.37 bits per heavy atom. The molecule has 3 rings (SSSR count). The van der Waals surface area contributed by atoms with E-state index in [0.717, 1.165) is 19.3 Å². The zero-order chi connectivity index (χ0) is 19.4. The highest BCUT2D eigenvalue weighted by atomic mass is 19.1. The SMILES string of the molecule is CCCCCc1cc(F)c(C(=O)Oc2ccc3c(F)cccc3c2)c(F)c1. The molecule has 0 radical (unpaired) electrons. The molecule has 0 unspecified atom stereocenters. The first-order valence-corrected chi connectivity index (χ1v) is 8.88. The largest absolute Gasteiger partial charge is 0.423 e. The molecule has 0 heterocycles. The summed E-state index contributed by atoms with van der Waals surface area (Å²) in [5.74, 6) is -3.33. The second kappa shape index (κ2) is 8.25. The minimum absolute atomic E-state index is 0.0870. The van der Waals surface area contributed by atoms with Crippen LogP contribution in [0.5, 0.6) is 5.75 Å². The molecule has 0 aliphatic carbocycles. The number of rotatable bonds is 6. The fourth-order valence-electron chi connectivity index (χ4n) is 2.99. The van der Waals surface area contributed by atoms with E-state index in [1.807, 2.05) is 6.92 Å². The first-order chi connectivity index (χ1) is 13.0.